The average Bonchev–Trinajstić information content (AvgIpc) is 3.23. The van der Waals surface area contributed by atoms with Gasteiger partial charge in [-0.05, 0) is 19.4 Å². The van der Waals surface area contributed by atoms with Gasteiger partial charge in [0.25, 0.3) is 5.91 Å². The second kappa shape index (κ2) is 5.49. The lowest BCUT2D eigenvalue weighted by Gasteiger charge is -2.18. The maximum atomic E-state index is 12.5. The first-order valence-corrected chi connectivity index (χ1v) is 7.88. The van der Waals surface area contributed by atoms with Crippen molar-refractivity contribution >= 4 is 5.91 Å². The van der Waals surface area contributed by atoms with E-state index in [4.69, 9.17) is 13.6 Å². The van der Waals surface area contributed by atoms with Crippen LogP contribution in [0.1, 0.15) is 34.3 Å². The quantitative estimate of drug-likeness (QED) is 0.858. The number of carbonyl (C=O) groups is 1. The molecule has 2 aliphatic rings. The van der Waals surface area contributed by atoms with Gasteiger partial charge in [-0.15, -0.1) is 10.2 Å². The summed E-state index contributed by atoms with van der Waals surface area (Å²) in [6.07, 6.45) is 3.28. The molecule has 7 heteroatoms. The first-order valence-electron chi connectivity index (χ1n) is 7.88. The lowest BCUT2D eigenvalue weighted by atomic mass is 10.0. The van der Waals surface area contributed by atoms with E-state index in [1.54, 1.807) is 13.2 Å². The van der Waals surface area contributed by atoms with Crippen LogP contribution in [0.25, 0.3) is 0 Å². The van der Waals surface area contributed by atoms with Crippen LogP contribution >= 0.6 is 0 Å². The van der Waals surface area contributed by atoms with E-state index in [1.165, 1.54) is 0 Å². The fourth-order valence-electron chi connectivity index (χ4n) is 3.51. The summed E-state index contributed by atoms with van der Waals surface area (Å²) in [5.74, 6) is 1.94. The van der Waals surface area contributed by atoms with Gasteiger partial charge in [0, 0.05) is 31.5 Å². The average molecular weight is 317 g/mol. The molecule has 2 aliphatic heterocycles. The van der Waals surface area contributed by atoms with Crippen molar-refractivity contribution in [2.75, 3.05) is 13.1 Å². The second-order valence-electron chi connectivity index (χ2n) is 6.35. The summed E-state index contributed by atoms with van der Waals surface area (Å²) in [5.41, 5.74) is 0.873. The van der Waals surface area contributed by atoms with Crippen LogP contribution in [-0.2, 0) is 11.2 Å². The van der Waals surface area contributed by atoms with Crippen LogP contribution in [0, 0.1) is 19.8 Å². The smallest absolute Gasteiger partial charge is 0.289 e. The number of amides is 1. The molecule has 0 N–H and O–H groups in total. The van der Waals surface area contributed by atoms with Gasteiger partial charge in [0.1, 0.15) is 0 Å². The minimum Gasteiger partial charge on any atom is -0.459 e. The number of aromatic nitrogens is 2. The van der Waals surface area contributed by atoms with Crippen molar-refractivity contribution in [2.24, 2.45) is 5.92 Å². The molecule has 0 aromatic carbocycles. The second-order valence-corrected chi connectivity index (χ2v) is 6.35. The van der Waals surface area contributed by atoms with Gasteiger partial charge in [0.2, 0.25) is 11.8 Å². The molecule has 0 saturated carbocycles. The maximum absolute atomic E-state index is 12.5. The van der Waals surface area contributed by atoms with Crippen LogP contribution in [0.4, 0.5) is 0 Å². The molecule has 23 heavy (non-hydrogen) atoms. The van der Waals surface area contributed by atoms with Crippen LogP contribution in [-0.4, -0.2) is 46.3 Å². The zero-order valence-electron chi connectivity index (χ0n) is 13.2. The fourth-order valence-corrected chi connectivity index (χ4v) is 3.51. The molecule has 0 unspecified atom stereocenters. The van der Waals surface area contributed by atoms with Crippen molar-refractivity contribution in [3.05, 3.63) is 35.4 Å². The molecule has 2 aromatic heterocycles. The molecular weight excluding hydrogens is 298 g/mol. The highest BCUT2D eigenvalue weighted by molar-refractivity contribution is 5.93. The Balaban J connectivity index is 1.36. The van der Waals surface area contributed by atoms with Gasteiger partial charge in [-0.2, -0.15) is 0 Å². The van der Waals surface area contributed by atoms with Crippen LogP contribution in [0.15, 0.2) is 21.2 Å². The Morgan fingerprint density at radius 1 is 1.35 bits per heavy atom. The van der Waals surface area contributed by atoms with E-state index in [2.05, 4.69) is 10.2 Å². The minimum absolute atomic E-state index is 0.0467. The highest BCUT2D eigenvalue weighted by atomic mass is 16.5. The van der Waals surface area contributed by atoms with E-state index in [0.717, 1.165) is 12.0 Å². The van der Waals surface area contributed by atoms with Gasteiger partial charge in [-0.3, -0.25) is 4.79 Å². The van der Waals surface area contributed by atoms with Crippen LogP contribution in [0.2, 0.25) is 0 Å². The third kappa shape index (κ3) is 2.65. The Labute approximate surface area is 133 Å². The van der Waals surface area contributed by atoms with Crippen LogP contribution in [0.5, 0.6) is 0 Å². The van der Waals surface area contributed by atoms with Crippen molar-refractivity contribution in [3.8, 4) is 0 Å². The van der Waals surface area contributed by atoms with E-state index in [-0.39, 0.29) is 18.1 Å². The predicted octanol–water partition coefficient (Wildman–Crippen LogP) is 1.75. The van der Waals surface area contributed by atoms with Crippen molar-refractivity contribution in [1.29, 1.82) is 0 Å². The number of hydrogen-bond donors (Lipinski definition) is 0. The molecule has 7 nitrogen and oxygen atoms in total. The third-order valence-corrected chi connectivity index (χ3v) is 4.63. The Hall–Kier alpha value is -2.15. The number of carbonyl (C=O) groups excluding carboxylic acids is 1. The van der Waals surface area contributed by atoms with E-state index >= 15 is 0 Å². The molecule has 4 rings (SSSR count). The molecular formula is C16H19N3O4. The molecule has 0 bridgehead atoms. The first kappa shape index (κ1) is 14.4. The normalized spacial score (nSPS) is 26.7. The lowest BCUT2D eigenvalue weighted by Crippen LogP contribution is -2.31. The van der Waals surface area contributed by atoms with Crippen molar-refractivity contribution < 1.29 is 18.4 Å². The van der Waals surface area contributed by atoms with Gasteiger partial charge >= 0.3 is 0 Å². The maximum Gasteiger partial charge on any atom is 0.289 e. The minimum atomic E-state index is -0.0467. The van der Waals surface area contributed by atoms with E-state index in [1.807, 2.05) is 17.9 Å². The molecule has 2 saturated heterocycles. The number of nitrogens with zero attached hydrogens (tertiary/aromatic N) is 3. The van der Waals surface area contributed by atoms with Crippen LogP contribution < -0.4 is 0 Å². The molecule has 3 atom stereocenters. The molecule has 2 aromatic rings. The lowest BCUT2D eigenvalue weighted by molar-refractivity contribution is 0.0329. The van der Waals surface area contributed by atoms with Crippen LogP contribution in [0.3, 0.4) is 0 Å². The summed E-state index contributed by atoms with van der Waals surface area (Å²) in [5, 5.41) is 7.85. The Morgan fingerprint density at radius 2 is 2.22 bits per heavy atom. The Kier molecular flexibility index (Phi) is 3.45. The van der Waals surface area contributed by atoms with Crippen molar-refractivity contribution in [3.63, 3.8) is 0 Å². The number of likely N-dealkylation sites (tertiary alicyclic amines) is 1. The summed E-state index contributed by atoms with van der Waals surface area (Å²) in [6.45, 7) is 4.99. The molecule has 0 aliphatic carbocycles. The fraction of sp³-hybridized carbons (Fsp3) is 0.562. The highest BCUT2D eigenvalue weighted by Gasteiger charge is 2.44. The van der Waals surface area contributed by atoms with Gasteiger partial charge in [-0.25, -0.2) is 0 Å². The highest BCUT2D eigenvalue weighted by Crippen LogP contribution is 2.35. The summed E-state index contributed by atoms with van der Waals surface area (Å²) >= 11 is 0. The number of hydrogen-bond acceptors (Lipinski definition) is 6. The molecule has 4 heterocycles. The zero-order valence-corrected chi connectivity index (χ0v) is 13.2. The van der Waals surface area contributed by atoms with Gasteiger partial charge in [-0.1, -0.05) is 0 Å². The van der Waals surface area contributed by atoms with Gasteiger partial charge < -0.3 is 18.5 Å². The largest absolute Gasteiger partial charge is 0.459 e. The summed E-state index contributed by atoms with van der Waals surface area (Å²) in [4.78, 5) is 14.3. The van der Waals surface area contributed by atoms with Gasteiger partial charge in [0.15, 0.2) is 5.76 Å². The SMILES string of the molecule is Cc1nnc(C[C@H]2C[C@H]3CN(C(=O)c4occc4C)C[C@H]3O2)o1. The standard InChI is InChI=1S/C16H19N3O4/c1-9-3-4-21-15(9)16(20)19-7-11-5-12(23-13(11)8-19)6-14-18-17-10(2)22-14/h3-4,11-13H,5-8H2,1-2H3/t11-,12+,13+/m0/s1. The van der Waals surface area contributed by atoms with E-state index < -0.39 is 0 Å². The summed E-state index contributed by atoms with van der Waals surface area (Å²) in [6, 6.07) is 1.81. The molecule has 0 spiro atoms. The molecule has 2 fully saturated rings. The van der Waals surface area contributed by atoms with E-state index in [9.17, 15) is 4.79 Å². The number of furan rings is 1. The van der Waals surface area contributed by atoms with Gasteiger partial charge in [0.05, 0.1) is 24.9 Å². The third-order valence-electron chi connectivity index (χ3n) is 4.63. The molecule has 1 amide bonds. The predicted molar refractivity (Wildman–Crippen MR) is 78.9 cm³/mol. The first-order chi connectivity index (χ1) is 11.1. The number of fused-ring (bicyclic) bond motifs is 1. The van der Waals surface area contributed by atoms with E-state index in [0.29, 0.717) is 43.0 Å². The summed E-state index contributed by atoms with van der Waals surface area (Å²) < 4.78 is 16.8. The topological polar surface area (TPSA) is 81.6 Å². The Morgan fingerprint density at radius 3 is 2.87 bits per heavy atom. The number of rotatable bonds is 3. The monoisotopic (exact) mass is 317 g/mol. The number of ether oxygens (including phenoxy) is 1. The summed E-state index contributed by atoms with van der Waals surface area (Å²) in [7, 11) is 0. The van der Waals surface area contributed by atoms with Crippen molar-refractivity contribution in [1.82, 2.24) is 15.1 Å². The molecule has 0 radical (unpaired) electrons. The molecule has 122 valence electrons. The Bertz CT molecular complexity index is 708. The van der Waals surface area contributed by atoms with Crippen molar-refractivity contribution in [2.45, 2.75) is 38.9 Å². The number of aryl methyl sites for hydroxylation is 2. The zero-order chi connectivity index (χ0) is 16.0.